The number of aromatic nitrogens is 1. The second-order valence-corrected chi connectivity index (χ2v) is 11.5. The van der Waals surface area contributed by atoms with E-state index in [-0.39, 0.29) is 16.2 Å². The summed E-state index contributed by atoms with van der Waals surface area (Å²) in [5, 5.41) is 0. The van der Waals surface area contributed by atoms with E-state index < -0.39 is 0 Å². The lowest BCUT2D eigenvalue weighted by molar-refractivity contribution is 0.388. The van der Waals surface area contributed by atoms with Crippen LogP contribution in [0.2, 0.25) is 0 Å². The van der Waals surface area contributed by atoms with E-state index in [1.807, 2.05) is 0 Å². The van der Waals surface area contributed by atoms with Crippen molar-refractivity contribution in [3.05, 3.63) is 82.9 Å². The van der Waals surface area contributed by atoms with Crippen LogP contribution in [0.25, 0.3) is 0 Å². The molecule has 1 heterocycles. The van der Waals surface area contributed by atoms with Crippen LogP contribution in [0.3, 0.4) is 0 Å². The number of hydrogen-bond donors (Lipinski definition) is 0. The van der Waals surface area contributed by atoms with Crippen molar-refractivity contribution in [1.82, 2.24) is 4.98 Å². The number of nitrogens with zero attached hydrogens (tertiary/aromatic N) is 1. The summed E-state index contributed by atoms with van der Waals surface area (Å²) in [6.07, 6.45) is 7.34. The molecule has 0 bridgehead atoms. The van der Waals surface area contributed by atoms with Crippen molar-refractivity contribution < 1.29 is 4.74 Å². The van der Waals surface area contributed by atoms with Crippen LogP contribution < -0.4 is 4.74 Å². The van der Waals surface area contributed by atoms with Gasteiger partial charge in [0.1, 0.15) is 11.5 Å². The molecular weight excluding hydrogens is 378 g/mol. The molecule has 0 saturated heterocycles. The third-order valence-corrected chi connectivity index (χ3v) is 6.10. The number of pyridine rings is 1. The maximum absolute atomic E-state index is 6.14. The molecule has 0 fully saturated rings. The molecule has 0 aliphatic heterocycles. The normalized spacial score (nSPS) is 15.4. The van der Waals surface area contributed by atoms with Gasteiger partial charge in [-0.3, -0.25) is 4.98 Å². The fourth-order valence-electron chi connectivity index (χ4n) is 3.99. The first kappa shape index (κ1) is 23.3. The van der Waals surface area contributed by atoms with Gasteiger partial charge in [-0.05, 0) is 54.2 Å². The predicted molar refractivity (Wildman–Crippen MR) is 132 cm³/mol. The van der Waals surface area contributed by atoms with Crippen molar-refractivity contribution in [2.75, 3.05) is 0 Å². The Balaban J connectivity index is 1.68. The Bertz CT molecular complexity index is 963. The third kappa shape index (κ3) is 6.09. The summed E-state index contributed by atoms with van der Waals surface area (Å²) in [6, 6.07) is 15.0. The van der Waals surface area contributed by atoms with Gasteiger partial charge in [-0.2, -0.15) is 0 Å². The Hall–Kier alpha value is -2.35. The molecule has 2 nitrogen and oxygen atoms in total. The van der Waals surface area contributed by atoms with Crippen LogP contribution in [-0.4, -0.2) is 4.98 Å². The van der Waals surface area contributed by atoms with Gasteiger partial charge in [0, 0.05) is 28.6 Å². The maximum Gasteiger partial charge on any atom is 0.126 e. The summed E-state index contributed by atoms with van der Waals surface area (Å²) >= 11 is 0. The molecule has 0 unspecified atom stereocenters. The lowest BCUT2D eigenvalue weighted by Gasteiger charge is -2.27. The van der Waals surface area contributed by atoms with E-state index in [1.165, 1.54) is 11.1 Å². The topological polar surface area (TPSA) is 22.1 Å². The molecule has 0 radical (unpaired) electrons. The van der Waals surface area contributed by atoms with Crippen LogP contribution in [0.15, 0.2) is 65.9 Å². The Labute approximate surface area is 189 Å². The van der Waals surface area contributed by atoms with Crippen LogP contribution >= 0.6 is 0 Å². The summed E-state index contributed by atoms with van der Waals surface area (Å²) in [7, 11) is 0. The molecule has 0 N–H and O–H groups in total. The van der Waals surface area contributed by atoms with Gasteiger partial charge in [0.15, 0.2) is 0 Å². The van der Waals surface area contributed by atoms with E-state index in [2.05, 4.69) is 110 Å². The fourth-order valence-corrected chi connectivity index (χ4v) is 3.99. The fraction of sp³-hybridized carbons (Fsp3) is 0.483. The number of allylic oxidation sites excluding steroid dienone is 4. The number of ether oxygens (including phenoxy) is 1. The summed E-state index contributed by atoms with van der Waals surface area (Å²) in [4.78, 5) is 4.99. The molecular formula is C29H39NO. The number of hydrogen-bond acceptors (Lipinski definition) is 2. The summed E-state index contributed by atoms with van der Waals surface area (Å²) in [5.41, 5.74) is 5.33. The van der Waals surface area contributed by atoms with E-state index >= 15 is 0 Å². The van der Waals surface area contributed by atoms with Crippen molar-refractivity contribution in [2.24, 2.45) is 5.41 Å². The van der Waals surface area contributed by atoms with Crippen molar-refractivity contribution in [2.45, 2.75) is 85.5 Å². The van der Waals surface area contributed by atoms with E-state index in [9.17, 15) is 0 Å². The van der Waals surface area contributed by atoms with Gasteiger partial charge in [-0.15, -0.1) is 0 Å². The van der Waals surface area contributed by atoms with Crippen LogP contribution in [0.1, 0.15) is 85.2 Å². The Morgan fingerprint density at radius 2 is 1.39 bits per heavy atom. The lowest BCUT2D eigenvalue weighted by Crippen LogP contribution is -2.24. The first-order valence-electron chi connectivity index (χ1n) is 11.5. The minimum Gasteiger partial charge on any atom is -0.462 e. The Morgan fingerprint density at radius 3 is 1.94 bits per heavy atom. The van der Waals surface area contributed by atoms with Gasteiger partial charge in [0.05, 0.1) is 0 Å². The van der Waals surface area contributed by atoms with E-state index in [0.717, 1.165) is 42.2 Å². The molecule has 0 amide bonds. The highest BCUT2D eigenvalue weighted by Crippen LogP contribution is 2.34. The van der Waals surface area contributed by atoms with Crippen LogP contribution in [0.4, 0.5) is 0 Å². The molecule has 31 heavy (non-hydrogen) atoms. The Kier molecular flexibility index (Phi) is 6.51. The largest absolute Gasteiger partial charge is 0.462 e. The zero-order valence-electron chi connectivity index (χ0n) is 20.7. The average Bonchev–Trinajstić information content (AvgIpc) is 2.68. The first-order valence-corrected chi connectivity index (χ1v) is 11.5. The Morgan fingerprint density at radius 1 is 0.742 bits per heavy atom. The van der Waals surface area contributed by atoms with Crippen molar-refractivity contribution in [3.8, 4) is 5.75 Å². The molecule has 1 aliphatic rings. The van der Waals surface area contributed by atoms with Crippen molar-refractivity contribution in [3.63, 3.8) is 0 Å². The molecule has 1 aromatic heterocycles. The first-order chi connectivity index (χ1) is 14.3. The van der Waals surface area contributed by atoms with E-state index in [0.29, 0.717) is 0 Å². The molecule has 0 saturated carbocycles. The van der Waals surface area contributed by atoms with E-state index in [1.54, 1.807) is 0 Å². The van der Waals surface area contributed by atoms with Gasteiger partial charge in [-0.1, -0.05) is 85.2 Å². The molecule has 1 aromatic carbocycles. The van der Waals surface area contributed by atoms with Crippen molar-refractivity contribution in [1.29, 1.82) is 0 Å². The summed E-state index contributed by atoms with van der Waals surface area (Å²) < 4.78 is 6.14. The second-order valence-electron chi connectivity index (χ2n) is 11.5. The quantitative estimate of drug-likeness (QED) is 0.493. The molecule has 1 aliphatic carbocycles. The maximum atomic E-state index is 6.14. The molecule has 0 spiro atoms. The van der Waals surface area contributed by atoms with Crippen LogP contribution in [-0.2, 0) is 17.3 Å². The van der Waals surface area contributed by atoms with Gasteiger partial charge >= 0.3 is 0 Å². The molecule has 166 valence electrons. The molecule has 2 aromatic rings. The zero-order valence-corrected chi connectivity index (χ0v) is 20.7. The van der Waals surface area contributed by atoms with Gasteiger partial charge in [0.2, 0.25) is 0 Å². The minimum absolute atomic E-state index is 0.0380. The van der Waals surface area contributed by atoms with Crippen LogP contribution in [0.5, 0.6) is 5.75 Å². The van der Waals surface area contributed by atoms with E-state index in [4.69, 9.17) is 9.72 Å². The predicted octanol–water partition coefficient (Wildman–Crippen LogP) is 7.93. The monoisotopic (exact) mass is 417 g/mol. The SMILES string of the molecule is CC(C)(C)C1=CC=C(Oc2ccc(CC(C)(C)c3cccc(C(C)(C)C)n3)cc2)CC1. The summed E-state index contributed by atoms with van der Waals surface area (Å²) in [6.45, 7) is 18.0. The average molecular weight is 418 g/mol. The van der Waals surface area contributed by atoms with Gasteiger partial charge in [0.25, 0.3) is 0 Å². The smallest absolute Gasteiger partial charge is 0.126 e. The highest BCUT2D eigenvalue weighted by Gasteiger charge is 2.25. The zero-order chi connectivity index (χ0) is 22.9. The highest BCUT2D eigenvalue weighted by molar-refractivity contribution is 5.33. The van der Waals surface area contributed by atoms with Gasteiger partial charge < -0.3 is 4.74 Å². The van der Waals surface area contributed by atoms with Crippen molar-refractivity contribution >= 4 is 0 Å². The summed E-state index contributed by atoms with van der Waals surface area (Å²) in [5.74, 6) is 1.96. The second kappa shape index (κ2) is 8.65. The lowest BCUT2D eigenvalue weighted by atomic mass is 9.81. The molecule has 0 atom stereocenters. The van der Waals surface area contributed by atoms with Gasteiger partial charge in [-0.25, -0.2) is 0 Å². The van der Waals surface area contributed by atoms with Crippen LogP contribution in [0, 0.1) is 5.41 Å². The molecule has 2 heteroatoms. The number of rotatable bonds is 5. The molecule has 3 rings (SSSR count). The third-order valence-electron chi connectivity index (χ3n) is 6.10. The standard InChI is InChI=1S/C29H39NO/c1-27(2,3)22-14-18-24(19-15-22)31-23-16-12-21(13-17-23)20-29(7,8)26-11-9-10-25(30-26)28(4,5)6/h9-14,16-18H,15,19-20H2,1-8H3. The minimum atomic E-state index is -0.0380. The highest BCUT2D eigenvalue weighted by atomic mass is 16.5. The number of benzene rings is 1.